The molecule has 1 nitrogen and oxygen atoms in total. The molecule has 2 unspecified atom stereocenters. The summed E-state index contributed by atoms with van der Waals surface area (Å²) in [7, 11) is 0. The molecule has 0 aromatic heterocycles. The van der Waals surface area contributed by atoms with E-state index in [1.807, 2.05) is 0 Å². The van der Waals surface area contributed by atoms with Crippen LogP contribution < -0.4 is 5.32 Å². The minimum Gasteiger partial charge on any atom is -0.312 e. The van der Waals surface area contributed by atoms with Crippen molar-refractivity contribution in [3.8, 4) is 12.3 Å². The normalized spacial score (nSPS) is 15.7. The van der Waals surface area contributed by atoms with E-state index in [0.717, 1.165) is 12.8 Å². The lowest BCUT2D eigenvalue weighted by atomic mass is 9.97. The summed E-state index contributed by atoms with van der Waals surface area (Å²) in [6.07, 6.45) is 7.22. The quantitative estimate of drug-likeness (QED) is 0.620. The van der Waals surface area contributed by atoms with E-state index in [2.05, 4.69) is 38.9 Å². The highest BCUT2D eigenvalue weighted by Gasteiger charge is 2.11. The maximum absolute atomic E-state index is 5.21. The predicted molar refractivity (Wildman–Crippen MR) is 55.0 cm³/mol. The van der Waals surface area contributed by atoms with Crippen LogP contribution in [0.4, 0.5) is 0 Å². The molecule has 0 rings (SSSR count). The third kappa shape index (κ3) is 5.21. The molecule has 0 aromatic carbocycles. The summed E-state index contributed by atoms with van der Waals surface area (Å²) in [5, 5.41) is 3.48. The van der Waals surface area contributed by atoms with Gasteiger partial charge in [0.1, 0.15) is 0 Å². The highest BCUT2D eigenvalue weighted by molar-refractivity contribution is 4.85. The molecule has 1 heteroatoms. The van der Waals surface area contributed by atoms with Crippen molar-refractivity contribution < 1.29 is 0 Å². The van der Waals surface area contributed by atoms with Crippen molar-refractivity contribution in [1.82, 2.24) is 5.32 Å². The molecule has 0 aliphatic rings. The van der Waals surface area contributed by atoms with Gasteiger partial charge in [-0.15, -0.1) is 12.3 Å². The summed E-state index contributed by atoms with van der Waals surface area (Å²) in [5.74, 6) is 3.35. The monoisotopic (exact) mass is 167 g/mol. The van der Waals surface area contributed by atoms with Gasteiger partial charge in [0.25, 0.3) is 0 Å². The van der Waals surface area contributed by atoms with Crippen LogP contribution in [0.15, 0.2) is 0 Å². The van der Waals surface area contributed by atoms with E-state index in [9.17, 15) is 0 Å². The molecule has 0 aliphatic carbocycles. The topological polar surface area (TPSA) is 12.0 Å². The smallest absolute Gasteiger partial charge is 0.00891 e. The van der Waals surface area contributed by atoms with Crippen LogP contribution in [0, 0.1) is 18.3 Å². The summed E-state index contributed by atoms with van der Waals surface area (Å²) in [6.45, 7) is 8.81. The first-order chi connectivity index (χ1) is 5.57. The zero-order valence-corrected chi connectivity index (χ0v) is 8.72. The lowest BCUT2D eigenvalue weighted by Crippen LogP contribution is -2.36. The molecule has 0 amide bonds. The van der Waals surface area contributed by atoms with Crippen LogP contribution in [0.25, 0.3) is 0 Å². The summed E-state index contributed by atoms with van der Waals surface area (Å²) in [4.78, 5) is 0. The zero-order valence-electron chi connectivity index (χ0n) is 8.72. The van der Waals surface area contributed by atoms with E-state index >= 15 is 0 Å². The van der Waals surface area contributed by atoms with Crippen LogP contribution >= 0.6 is 0 Å². The Morgan fingerprint density at radius 3 is 2.25 bits per heavy atom. The van der Waals surface area contributed by atoms with E-state index in [0.29, 0.717) is 18.0 Å². The van der Waals surface area contributed by atoms with Crippen LogP contribution in [0.1, 0.15) is 40.5 Å². The largest absolute Gasteiger partial charge is 0.312 e. The summed E-state index contributed by atoms with van der Waals surface area (Å²) in [6, 6.07) is 1.13. The Hall–Kier alpha value is -0.480. The van der Waals surface area contributed by atoms with Crippen molar-refractivity contribution in [3.63, 3.8) is 0 Å². The number of terminal acetylenes is 1. The molecule has 0 saturated heterocycles. The van der Waals surface area contributed by atoms with Crippen LogP contribution in [0.3, 0.4) is 0 Å². The van der Waals surface area contributed by atoms with Crippen molar-refractivity contribution in [1.29, 1.82) is 0 Å². The Morgan fingerprint density at radius 1 is 1.25 bits per heavy atom. The molecule has 0 aliphatic heterocycles. The van der Waals surface area contributed by atoms with Crippen molar-refractivity contribution in [2.75, 3.05) is 0 Å². The summed E-state index contributed by atoms with van der Waals surface area (Å²) in [5.41, 5.74) is 0. The highest BCUT2D eigenvalue weighted by atomic mass is 14.9. The minimum atomic E-state index is 0.563. The zero-order chi connectivity index (χ0) is 9.56. The first-order valence-electron chi connectivity index (χ1n) is 4.77. The Morgan fingerprint density at radius 2 is 1.83 bits per heavy atom. The number of hydrogen-bond donors (Lipinski definition) is 1. The van der Waals surface area contributed by atoms with Crippen LogP contribution in [0.2, 0.25) is 0 Å². The van der Waals surface area contributed by atoms with Gasteiger partial charge in [-0.25, -0.2) is 0 Å². The molecule has 0 saturated carbocycles. The van der Waals surface area contributed by atoms with Crippen molar-refractivity contribution in [3.05, 3.63) is 0 Å². The third-order valence-corrected chi connectivity index (χ3v) is 2.19. The van der Waals surface area contributed by atoms with Crippen LogP contribution in [-0.4, -0.2) is 12.1 Å². The van der Waals surface area contributed by atoms with Gasteiger partial charge < -0.3 is 5.32 Å². The molecular weight excluding hydrogens is 146 g/mol. The second-order valence-electron chi connectivity index (χ2n) is 3.83. The molecule has 0 bridgehead atoms. The van der Waals surface area contributed by atoms with Gasteiger partial charge in [0.2, 0.25) is 0 Å². The van der Waals surface area contributed by atoms with Gasteiger partial charge >= 0.3 is 0 Å². The van der Waals surface area contributed by atoms with Gasteiger partial charge in [-0.1, -0.05) is 20.8 Å². The second-order valence-corrected chi connectivity index (χ2v) is 3.83. The molecular formula is C11H21N. The van der Waals surface area contributed by atoms with Gasteiger partial charge in [0, 0.05) is 18.5 Å². The first kappa shape index (κ1) is 11.5. The first-order valence-corrected chi connectivity index (χ1v) is 4.77. The molecule has 1 N–H and O–H groups in total. The van der Waals surface area contributed by atoms with Gasteiger partial charge in [0.15, 0.2) is 0 Å². The lowest BCUT2D eigenvalue weighted by Gasteiger charge is -2.22. The molecule has 12 heavy (non-hydrogen) atoms. The lowest BCUT2D eigenvalue weighted by molar-refractivity contribution is 0.359. The summed E-state index contributed by atoms with van der Waals surface area (Å²) >= 11 is 0. The number of nitrogens with one attached hydrogen (secondary N) is 1. The third-order valence-electron chi connectivity index (χ3n) is 2.19. The van der Waals surface area contributed by atoms with E-state index in [-0.39, 0.29) is 0 Å². The molecule has 0 aromatic rings. The maximum Gasteiger partial charge on any atom is 0.00891 e. The van der Waals surface area contributed by atoms with E-state index < -0.39 is 0 Å². The standard InChI is InChI=1S/C11H21N/c1-6-7-8-10(4)11(5)12-9(2)3/h1,9-12H,7-8H2,2-5H3. The van der Waals surface area contributed by atoms with Crippen molar-refractivity contribution in [2.45, 2.75) is 52.6 Å². The fraction of sp³-hybridized carbons (Fsp3) is 0.818. The van der Waals surface area contributed by atoms with Gasteiger partial charge in [-0.2, -0.15) is 0 Å². The molecule has 70 valence electrons. The van der Waals surface area contributed by atoms with Crippen molar-refractivity contribution in [2.24, 2.45) is 5.92 Å². The molecule has 0 spiro atoms. The number of rotatable bonds is 5. The van der Waals surface area contributed by atoms with Gasteiger partial charge in [0.05, 0.1) is 0 Å². The van der Waals surface area contributed by atoms with Crippen LogP contribution in [0.5, 0.6) is 0 Å². The number of hydrogen-bond acceptors (Lipinski definition) is 1. The predicted octanol–water partition coefficient (Wildman–Crippen LogP) is 2.42. The molecule has 0 fully saturated rings. The van der Waals surface area contributed by atoms with Crippen LogP contribution in [-0.2, 0) is 0 Å². The van der Waals surface area contributed by atoms with Gasteiger partial charge in [-0.05, 0) is 19.3 Å². The highest BCUT2D eigenvalue weighted by Crippen LogP contribution is 2.10. The Bertz CT molecular complexity index is 144. The molecule has 2 atom stereocenters. The molecule has 0 radical (unpaired) electrons. The van der Waals surface area contributed by atoms with E-state index in [1.165, 1.54) is 0 Å². The minimum absolute atomic E-state index is 0.563. The van der Waals surface area contributed by atoms with Crippen molar-refractivity contribution >= 4 is 0 Å². The SMILES string of the molecule is C#CCCC(C)C(C)NC(C)C. The van der Waals surface area contributed by atoms with Gasteiger partial charge in [-0.3, -0.25) is 0 Å². The fourth-order valence-electron chi connectivity index (χ4n) is 1.25. The van der Waals surface area contributed by atoms with E-state index in [4.69, 9.17) is 6.42 Å². The Kier molecular flexibility index (Phi) is 5.84. The summed E-state index contributed by atoms with van der Waals surface area (Å²) < 4.78 is 0. The fourth-order valence-corrected chi connectivity index (χ4v) is 1.25. The Balaban J connectivity index is 3.62. The average Bonchev–Trinajstić information content (AvgIpc) is 1.98. The maximum atomic E-state index is 5.21. The molecule has 0 heterocycles. The Labute approximate surface area is 76.9 Å². The average molecular weight is 167 g/mol. The van der Waals surface area contributed by atoms with E-state index in [1.54, 1.807) is 0 Å². The second kappa shape index (κ2) is 6.08.